The van der Waals surface area contributed by atoms with Crippen LogP contribution in [0.3, 0.4) is 0 Å². The van der Waals surface area contributed by atoms with Gasteiger partial charge in [0.2, 0.25) is 0 Å². The second-order valence-electron chi connectivity index (χ2n) is 2.94. The Morgan fingerprint density at radius 2 is 2.24 bits per heavy atom. The number of rotatable bonds is 4. The molecule has 0 spiro atoms. The standard InChI is InChI=1S/C10H10F2INO3/c1-3-17-10(15)7-8(16-2)5(9(11)12)4-6(13)14-7/h4,9H,3H2,1-2H3. The van der Waals surface area contributed by atoms with Crippen molar-refractivity contribution in [1.29, 1.82) is 0 Å². The van der Waals surface area contributed by atoms with Crippen LogP contribution in [0.5, 0.6) is 5.75 Å². The van der Waals surface area contributed by atoms with Crippen LogP contribution in [0.15, 0.2) is 6.07 Å². The Balaban J connectivity index is 3.32. The molecule has 0 radical (unpaired) electrons. The van der Waals surface area contributed by atoms with Gasteiger partial charge in [0.15, 0.2) is 11.4 Å². The van der Waals surface area contributed by atoms with Gasteiger partial charge in [0, 0.05) is 0 Å². The van der Waals surface area contributed by atoms with Gasteiger partial charge >= 0.3 is 5.97 Å². The lowest BCUT2D eigenvalue weighted by atomic mass is 10.2. The van der Waals surface area contributed by atoms with E-state index < -0.39 is 12.4 Å². The first-order chi connectivity index (χ1) is 8.01. The molecule has 1 rings (SSSR count). The monoisotopic (exact) mass is 357 g/mol. The van der Waals surface area contributed by atoms with Crippen LogP contribution in [-0.2, 0) is 4.74 Å². The summed E-state index contributed by atoms with van der Waals surface area (Å²) in [5, 5.41) is 0. The zero-order valence-electron chi connectivity index (χ0n) is 9.17. The van der Waals surface area contributed by atoms with Crippen molar-refractivity contribution in [2.75, 3.05) is 13.7 Å². The van der Waals surface area contributed by atoms with E-state index in [-0.39, 0.29) is 27.3 Å². The predicted octanol–water partition coefficient (Wildman–Crippen LogP) is 2.81. The van der Waals surface area contributed by atoms with E-state index in [0.29, 0.717) is 0 Å². The second kappa shape index (κ2) is 6.08. The highest BCUT2D eigenvalue weighted by molar-refractivity contribution is 14.1. The van der Waals surface area contributed by atoms with Crippen LogP contribution in [-0.4, -0.2) is 24.7 Å². The molecule has 94 valence electrons. The van der Waals surface area contributed by atoms with Crippen molar-refractivity contribution < 1.29 is 23.0 Å². The lowest BCUT2D eigenvalue weighted by molar-refractivity contribution is 0.0514. The molecule has 0 aliphatic heterocycles. The molecule has 0 aliphatic rings. The van der Waals surface area contributed by atoms with Gasteiger partial charge < -0.3 is 9.47 Å². The number of pyridine rings is 1. The van der Waals surface area contributed by atoms with Crippen LogP contribution in [0.4, 0.5) is 8.78 Å². The van der Waals surface area contributed by atoms with Crippen molar-refractivity contribution in [2.45, 2.75) is 13.3 Å². The largest absolute Gasteiger partial charge is 0.494 e. The fourth-order valence-corrected chi connectivity index (χ4v) is 1.81. The lowest BCUT2D eigenvalue weighted by Crippen LogP contribution is -2.12. The minimum absolute atomic E-state index is 0.138. The predicted molar refractivity (Wildman–Crippen MR) is 64.4 cm³/mol. The zero-order chi connectivity index (χ0) is 13.0. The van der Waals surface area contributed by atoms with Gasteiger partial charge in [-0.15, -0.1) is 0 Å². The van der Waals surface area contributed by atoms with Gasteiger partial charge in [-0.3, -0.25) is 0 Å². The quantitative estimate of drug-likeness (QED) is 0.473. The van der Waals surface area contributed by atoms with E-state index in [0.717, 1.165) is 0 Å². The van der Waals surface area contributed by atoms with Crippen LogP contribution in [0, 0.1) is 3.70 Å². The average Bonchev–Trinajstić information content (AvgIpc) is 2.28. The van der Waals surface area contributed by atoms with Crippen molar-refractivity contribution in [2.24, 2.45) is 0 Å². The van der Waals surface area contributed by atoms with E-state index in [4.69, 9.17) is 9.47 Å². The molecule has 0 bridgehead atoms. The van der Waals surface area contributed by atoms with Crippen LogP contribution in [0.25, 0.3) is 0 Å². The summed E-state index contributed by atoms with van der Waals surface area (Å²) in [5.74, 6) is -1.01. The highest BCUT2D eigenvalue weighted by atomic mass is 127. The highest BCUT2D eigenvalue weighted by Gasteiger charge is 2.24. The maximum absolute atomic E-state index is 12.8. The summed E-state index contributed by atoms with van der Waals surface area (Å²) in [7, 11) is 1.21. The number of esters is 1. The van der Waals surface area contributed by atoms with Gasteiger partial charge in [0.25, 0.3) is 6.43 Å². The molecule has 0 saturated carbocycles. The fraction of sp³-hybridized carbons (Fsp3) is 0.400. The van der Waals surface area contributed by atoms with Gasteiger partial charge in [-0.25, -0.2) is 18.6 Å². The summed E-state index contributed by atoms with van der Waals surface area (Å²) in [6.07, 6.45) is -2.74. The van der Waals surface area contributed by atoms with E-state index in [1.165, 1.54) is 13.2 Å². The first-order valence-electron chi connectivity index (χ1n) is 4.71. The average molecular weight is 357 g/mol. The Kier molecular flexibility index (Phi) is 5.03. The number of hydrogen-bond acceptors (Lipinski definition) is 4. The number of carbonyl (C=O) groups is 1. The smallest absolute Gasteiger partial charge is 0.360 e. The molecule has 0 fully saturated rings. The molecule has 4 nitrogen and oxygen atoms in total. The third kappa shape index (κ3) is 3.24. The Labute approximate surface area is 110 Å². The molecule has 1 heterocycles. The van der Waals surface area contributed by atoms with E-state index >= 15 is 0 Å². The summed E-state index contributed by atoms with van der Waals surface area (Å²) in [4.78, 5) is 15.4. The molecule has 1 aromatic rings. The van der Waals surface area contributed by atoms with E-state index in [2.05, 4.69) is 4.98 Å². The zero-order valence-corrected chi connectivity index (χ0v) is 11.3. The number of hydrogen-bond donors (Lipinski definition) is 0. The Morgan fingerprint density at radius 3 is 2.71 bits per heavy atom. The molecule has 0 saturated heterocycles. The van der Waals surface area contributed by atoms with Gasteiger partial charge in [-0.2, -0.15) is 0 Å². The summed E-state index contributed by atoms with van der Waals surface area (Å²) in [5.41, 5.74) is -0.591. The highest BCUT2D eigenvalue weighted by Crippen LogP contribution is 2.32. The minimum Gasteiger partial charge on any atom is -0.494 e. The number of aromatic nitrogens is 1. The van der Waals surface area contributed by atoms with Gasteiger partial charge in [0.1, 0.15) is 3.70 Å². The first-order valence-corrected chi connectivity index (χ1v) is 5.78. The number of methoxy groups -OCH3 is 1. The fourth-order valence-electron chi connectivity index (χ4n) is 1.23. The molecule has 0 unspecified atom stereocenters. The van der Waals surface area contributed by atoms with Crippen molar-refractivity contribution >= 4 is 28.6 Å². The Morgan fingerprint density at radius 1 is 1.59 bits per heavy atom. The van der Waals surface area contributed by atoms with Gasteiger partial charge in [0.05, 0.1) is 19.3 Å². The Bertz CT molecular complexity index is 426. The van der Waals surface area contributed by atoms with E-state index in [9.17, 15) is 13.6 Å². The van der Waals surface area contributed by atoms with Crippen molar-refractivity contribution in [3.05, 3.63) is 21.0 Å². The number of halogens is 3. The third-order valence-electron chi connectivity index (χ3n) is 1.88. The number of carbonyl (C=O) groups excluding carboxylic acids is 1. The molecule has 0 aliphatic carbocycles. The first kappa shape index (κ1) is 14.1. The van der Waals surface area contributed by atoms with Crippen LogP contribution in [0.1, 0.15) is 29.4 Å². The molecular weight excluding hydrogens is 347 g/mol. The van der Waals surface area contributed by atoms with E-state index in [1.807, 2.05) is 0 Å². The molecule has 17 heavy (non-hydrogen) atoms. The normalized spacial score (nSPS) is 10.5. The van der Waals surface area contributed by atoms with Gasteiger partial charge in [-0.1, -0.05) is 0 Å². The van der Waals surface area contributed by atoms with Crippen LogP contribution < -0.4 is 4.74 Å². The summed E-state index contributed by atoms with van der Waals surface area (Å²) < 4.78 is 35.3. The third-order valence-corrected chi connectivity index (χ3v) is 2.43. The number of ether oxygens (including phenoxy) is 2. The topological polar surface area (TPSA) is 48.4 Å². The van der Waals surface area contributed by atoms with Crippen LogP contribution in [0.2, 0.25) is 0 Å². The number of nitrogens with zero attached hydrogens (tertiary/aromatic N) is 1. The summed E-state index contributed by atoms with van der Waals surface area (Å²) in [6, 6.07) is 1.17. The molecule has 0 N–H and O–H groups in total. The minimum atomic E-state index is -2.74. The molecule has 7 heteroatoms. The second-order valence-corrected chi connectivity index (χ2v) is 4.04. The lowest BCUT2D eigenvalue weighted by Gasteiger charge is -2.12. The number of alkyl halides is 2. The summed E-state index contributed by atoms with van der Waals surface area (Å²) >= 11 is 1.75. The maximum Gasteiger partial charge on any atom is 0.360 e. The Hall–Kier alpha value is -0.990. The SMILES string of the molecule is CCOC(=O)c1nc(I)cc(C(F)F)c1OC. The molecular formula is C10H10F2INO3. The van der Waals surface area contributed by atoms with Gasteiger partial charge in [-0.05, 0) is 35.6 Å². The van der Waals surface area contributed by atoms with E-state index in [1.54, 1.807) is 29.5 Å². The molecule has 0 atom stereocenters. The van der Waals surface area contributed by atoms with Crippen molar-refractivity contribution in [1.82, 2.24) is 4.98 Å². The summed E-state index contributed by atoms with van der Waals surface area (Å²) in [6.45, 7) is 1.76. The van der Waals surface area contributed by atoms with Crippen LogP contribution >= 0.6 is 22.6 Å². The molecule has 0 amide bonds. The van der Waals surface area contributed by atoms with Crippen molar-refractivity contribution in [3.8, 4) is 5.75 Å². The molecule has 1 aromatic heterocycles. The maximum atomic E-state index is 12.8. The van der Waals surface area contributed by atoms with Crippen molar-refractivity contribution in [3.63, 3.8) is 0 Å². The molecule has 0 aromatic carbocycles.